The van der Waals surface area contributed by atoms with Gasteiger partial charge < -0.3 is 9.64 Å². The standard InChI is InChI=1S/C11H16N2O2/c1-15-7-9-2-5-13(6-9)10(14)11(8-12)3-4-11/h9H,2-7H2,1H3. The van der Waals surface area contributed by atoms with E-state index in [-0.39, 0.29) is 5.91 Å². The second kappa shape index (κ2) is 3.82. The Balaban J connectivity index is 1.91. The second-order valence-corrected chi connectivity index (χ2v) is 4.56. The van der Waals surface area contributed by atoms with Gasteiger partial charge in [0, 0.05) is 26.1 Å². The van der Waals surface area contributed by atoms with Crippen LogP contribution in [0.5, 0.6) is 0 Å². The van der Waals surface area contributed by atoms with Crippen molar-refractivity contribution in [1.29, 1.82) is 5.26 Å². The van der Waals surface area contributed by atoms with Crippen LogP contribution in [0.4, 0.5) is 0 Å². The van der Waals surface area contributed by atoms with E-state index in [0.29, 0.717) is 12.5 Å². The monoisotopic (exact) mass is 208 g/mol. The van der Waals surface area contributed by atoms with Crippen LogP contribution in [-0.2, 0) is 9.53 Å². The van der Waals surface area contributed by atoms with Crippen LogP contribution in [0.1, 0.15) is 19.3 Å². The molecule has 15 heavy (non-hydrogen) atoms. The molecule has 0 spiro atoms. The zero-order chi connectivity index (χ0) is 10.9. The summed E-state index contributed by atoms with van der Waals surface area (Å²) in [7, 11) is 1.68. The van der Waals surface area contributed by atoms with Gasteiger partial charge in [-0.15, -0.1) is 0 Å². The number of nitrogens with zero attached hydrogens (tertiary/aromatic N) is 2. The molecule has 0 radical (unpaired) electrons. The van der Waals surface area contributed by atoms with Gasteiger partial charge in [-0.2, -0.15) is 5.26 Å². The van der Waals surface area contributed by atoms with Crippen LogP contribution in [0.25, 0.3) is 0 Å². The quantitative estimate of drug-likeness (QED) is 0.689. The summed E-state index contributed by atoms with van der Waals surface area (Å²) >= 11 is 0. The number of carbonyl (C=O) groups excluding carboxylic acids is 1. The smallest absolute Gasteiger partial charge is 0.243 e. The van der Waals surface area contributed by atoms with Gasteiger partial charge in [0.15, 0.2) is 0 Å². The molecule has 1 saturated heterocycles. The molecular weight excluding hydrogens is 192 g/mol. The van der Waals surface area contributed by atoms with Crippen molar-refractivity contribution >= 4 is 5.91 Å². The zero-order valence-electron chi connectivity index (χ0n) is 9.03. The zero-order valence-corrected chi connectivity index (χ0v) is 9.03. The van der Waals surface area contributed by atoms with Crippen molar-refractivity contribution in [3.63, 3.8) is 0 Å². The molecule has 4 nitrogen and oxygen atoms in total. The maximum atomic E-state index is 12.0. The summed E-state index contributed by atoms with van der Waals surface area (Å²) in [6, 6.07) is 2.15. The first-order chi connectivity index (χ1) is 7.22. The first-order valence-electron chi connectivity index (χ1n) is 5.41. The predicted octanol–water partition coefficient (Wildman–Crippen LogP) is 0.785. The average Bonchev–Trinajstić information content (AvgIpc) is 2.92. The van der Waals surface area contributed by atoms with E-state index < -0.39 is 5.41 Å². The van der Waals surface area contributed by atoms with E-state index in [9.17, 15) is 4.79 Å². The molecule has 0 aromatic carbocycles. The summed E-state index contributed by atoms with van der Waals surface area (Å²) in [4.78, 5) is 13.8. The Morgan fingerprint density at radius 3 is 2.93 bits per heavy atom. The molecular formula is C11H16N2O2. The maximum absolute atomic E-state index is 12.0. The lowest BCUT2D eigenvalue weighted by molar-refractivity contribution is -0.134. The largest absolute Gasteiger partial charge is 0.384 e. The number of ether oxygens (including phenoxy) is 1. The minimum absolute atomic E-state index is 0.0450. The molecule has 1 aliphatic heterocycles. The number of amides is 1. The lowest BCUT2D eigenvalue weighted by Crippen LogP contribution is -2.35. The van der Waals surface area contributed by atoms with E-state index in [1.54, 1.807) is 7.11 Å². The van der Waals surface area contributed by atoms with Crippen molar-refractivity contribution in [3.05, 3.63) is 0 Å². The van der Waals surface area contributed by atoms with Gasteiger partial charge in [-0.05, 0) is 19.3 Å². The molecule has 0 bridgehead atoms. The Morgan fingerprint density at radius 1 is 1.67 bits per heavy atom. The Bertz CT molecular complexity index is 304. The fourth-order valence-corrected chi connectivity index (χ4v) is 2.19. The van der Waals surface area contributed by atoms with Crippen LogP contribution in [0.2, 0.25) is 0 Å². The lowest BCUT2D eigenvalue weighted by atomic mass is 10.1. The van der Waals surface area contributed by atoms with E-state index in [0.717, 1.165) is 32.4 Å². The Hall–Kier alpha value is -1.08. The van der Waals surface area contributed by atoms with Crippen molar-refractivity contribution in [2.45, 2.75) is 19.3 Å². The lowest BCUT2D eigenvalue weighted by Gasteiger charge is -2.18. The Morgan fingerprint density at radius 2 is 2.40 bits per heavy atom. The minimum atomic E-state index is -0.651. The highest BCUT2D eigenvalue weighted by molar-refractivity contribution is 5.88. The highest BCUT2D eigenvalue weighted by Gasteiger charge is 2.53. The van der Waals surface area contributed by atoms with E-state index in [1.165, 1.54) is 0 Å². The third-order valence-corrected chi connectivity index (χ3v) is 3.35. The van der Waals surface area contributed by atoms with Gasteiger partial charge >= 0.3 is 0 Å². The van der Waals surface area contributed by atoms with E-state index in [4.69, 9.17) is 10.00 Å². The van der Waals surface area contributed by atoms with Gasteiger partial charge in [0.2, 0.25) is 5.91 Å². The number of methoxy groups -OCH3 is 1. The summed E-state index contributed by atoms with van der Waals surface area (Å²) in [5.41, 5.74) is -0.651. The van der Waals surface area contributed by atoms with Crippen molar-refractivity contribution in [1.82, 2.24) is 4.90 Å². The first kappa shape index (κ1) is 10.4. The maximum Gasteiger partial charge on any atom is 0.243 e. The van der Waals surface area contributed by atoms with Gasteiger partial charge in [0.05, 0.1) is 12.7 Å². The second-order valence-electron chi connectivity index (χ2n) is 4.56. The molecule has 0 N–H and O–H groups in total. The molecule has 2 fully saturated rings. The van der Waals surface area contributed by atoms with Crippen molar-refractivity contribution < 1.29 is 9.53 Å². The fraction of sp³-hybridized carbons (Fsp3) is 0.818. The third kappa shape index (κ3) is 1.84. The molecule has 2 rings (SSSR count). The van der Waals surface area contributed by atoms with Gasteiger partial charge in [-0.1, -0.05) is 0 Å². The number of nitriles is 1. The third-order valence-electron chi connectivity index (χ3n) is 3.35. The molecule has 2 aliphatic rings. The minimum Gasteiger partial charge on any atom is -0.384 e. The van der Waals surface area contributed by atoms with Gasteiger partial charge in [0.25, 0.3) is 0 Å². The molecule has 1 atom stereocenters. The first-order valence-corrected chi connectivity index (χ1v) is 5.41. The topological polar surface area (TPSA) is 53.3 Å². The molecule has 1 unspecified atom stereocenters. The molecule has 1 heterocycles. The van der Waals surface area contributed by atoms with Gasteiger partial charge in [-0.25, -0.2) is 0 Å². The summed E-state index contributed by atoms with van der Waals surface area (Å²) in [6.45, 7) is 2.26. The van der Waals surface area contributed by atoms with Crippen molar-refractivity contribution in [3.8, 4) is 6.07 Å². The van der Waals surface area contributed by atoms with E-state index in [2.05, 4.69) is 6.07 Å². The molecule has 1 amide bonds. The van der Waals surface area contributed by atoms with Crippen LogP contribution >= 0.6 is 0 Å². The van der Waals surface area contributed by atoms with Crippen LogP contribution < -0.4 is 0 Å². The summed E-state index contributed by atoms with van der Waals surface area (Å²) < 4.78 is 5.08. The number of hydrogen-bond acceptors (Lipinski definition) is 3. The summed E-state index contributed by atoms with van der Waals surface area (Å²) in [5.74, 6) is 0.497. The Kier molecular flexibility index (Phi) is 2.66. The highest BCUT2D eigenvalue weighted by atomic mass is 16.5. The summed E-state index contributed by atoms with van der Waals surface area (Å²) in [6.07, 6.45) is 2.49. The summed E-state index contributed by atoms with van der Waals surface area (Å²) in [5, 5.41) is 8.93. The number of carbonyl (C=O) groups is 1. The molecule has 82 valence electrons. The van der Waals surface area contributed by atoms with Crippen LogP contribution in [0, 0.1) is 22.7 Å². The SMILES string of the molecule is COCC1CCN(C(=O)C2(C#N)CC2)C1. The molecule has 0 aromatic heterocycles. The molecule has 1 saturated carbocycles. The van der Waals surface area contributed by atoms with Crippen LogP contribution in [-0.4, -0.2) is 37.6 Å². The van der Waals surface area contributed by atoms with Gasteiger partial charge in [-0.3, -0.25) is 4.79 Å². The molecule has 4 heteroatoms. The van der Waals surface area contributed by atoms with E-state index >= 15 is 0 Å². The Labute approximate surface area is 89.8 Å². The number of hydrogen-bond donors (Lipinski definition) is 0. The predicted molar refractivity (Wildman–Crippen MR) is 53.8 cm³/mol. The van der Waals surface area contributed by atoms with Gasteiger partial charge in [0.1, 0.15) is 5.41 Å². The average molecular weight is 208 g/mol. The number of likely N-dealkylation sites (tertiary alicyclic amines) is 1. The molecule has 1 aliphatic carbocycles. The highest BCUT2D eigenvalue weighted by Crippen LogP contribution is 2.47. The normalized spacial score (nSPS) is 27.5. The van der Waals surface area contributed by atoms with Crippen LogP contribution in [0.15, 0.2) is 0 Å². The fourth-order valence-electron chi connectivity index (χ4n) is 2.19. The van der Waals surface area contributed by atoms with E-state index in [1.807, 2.05) is 4.90 Å². The molecule has 0 aromatic rings. The van der Waals surface area contributed by atoms with Crippen molar-refractivity contribution in [2.75, 3.05) is 26.8 Å². The van der Waals surface area contributed by atoms with Crippen molar-refractivity contribution in [2.24, 2.45) is 11.3 Å². The van der Waals surface area contributed by atoms with Crippen LogP contribution in [0.3, 0.4) is 0 Å². The number of rotatable bonds is 3.